The predicted molar refractivity (Wildman–Crippen MR) is 77.1 cm³/mol. The summed E-state index contributed by atoms with van der Waals surface area (Å²) in [7, 11) is 0. The number of hydrogen-bond acceptors (Lipinski definition) is 4. The van der Waals surface area contributed by atoms with Gasteiger partial charge in [0.25, 0.3) is 0 Å². The van der Waals surface area contributed by atoms with Crippen molar-refractivity contribution in [3.05, 3.63) is 54.5 Å². The van der Waals surface area contributed by atoms with Gasteiger partial charge in [-0.05, 0) is 30.3 Å². The van der Waals surface area contributed by atoms with Crippen molar-refractivity contribution in [2.75, 3.05) is 13.2 Å². The number of fused-ring (bicyclic) bond motifs is 1. The largest absolute Gasteiger partial charge is 0.486 e. The predicted octanol–water partition coefficient (Wildman–Crippen LogP) is 2.25. The smallest absolute Gasteiger partial charge is 0.244 e. The molecule has 0 saturated carbocycles. The lowest BCUT2D eigenvalue weighted by molar-refractivity contribution is -0.116. The molecule has 21 heavy (non-hydrogen) atoms. The number of hydrogen-bond donors (Lipinski definition) is 1. The van der Waals surface area contributed by atoms with Crippen LogP contribution in [0.25, 0.3) is 6.08 Å². The fourth-order valence-corrected chi connectivity index (χ4v) is 1.98. The zero-order valence-corrected chi connectivity index (χ0v) is 11.3. The third-order valence-corrected chi connectivity index (χ3v) is 3.01. The summed E-state index contributed by atoms with van der Waals surface area (Å²) in [6.07, 6.45) is 4.41. The van der Waals surface area contributed by atoms with E-state index >= 15 is 0 Å². The highest BCUT2D eigenvalue weighted by atomic mass is 16.6. The van der Waals surface area contributed by atoms with Gasteiger partial charge >= 0.3 is 0 Å². The fourth-order valence-electron chi connectivity index (χ4n) is 1.98. The summed E-state index contributed by atoms with van der Waals surface area (Å²) in [5.41, 5.74) is 0. The summed E-state index contributed by atoms with van der Waals surface area (Å²) < 4.78 is 16.4. The molecule has 1 aromatic carbocycles. The average molecular weight is 285 g/mol. The maximum Gasteiger partial charge on any atom is 0.244 e. The first-order valence-corrected chi connectivity index (χ1v) is 6.69. The normalized spacial score (nSPS) is 16.9. The summed E-state index contributed by atoms with van der Waals surface area (Å²) in [6.45, 7) is 0.800. The molecule has 0 spiro atoms. The highest BCUT2D eigenvalue weighted by Gasteiger charge is 2.20. The number of carbonyl (C=O) groups excluding carboxylic acids is 1. The van der Waals surface area contributed by atoms with Crippen LogP contribution >= 0.6 is 0 Å². The number of ether oxygens (including phenoxy) is 2. The van der Waals surface area contributed by atoms with Crippen LogP contribution in [0.4, 0.5) is 0 Å². The Morgan fingerprint density at radius 1 is 1.24 bits per heavy atom. The van der Waals surface area contributed by atoms with Gasteiger partial charge in [0.05, 0.1) is 12.8 Å². The molecule has 0 fully saturated rings. The molecule has 0 saturated heterocycles. The number of nitrogens with one attached hydrogen (secondary N) is 1. The maximum atomic E-state index is 11.7. The molecular weight excluding hydrogens is 270 g/mol. The first kappa shape index (κ1) is 13.3. The molecule has 108 valence electrons. The molecular formula is C16H15NO4. The van der Waals surface area contributed by atoms with Gasteiger partial charge < -0.3 is 19.2 Å². The molecule has 2 heterocycles. The molecule has 5 nitrogen and oxygen atoms in total. The van der Waals surface area contributed by atoms with Crippen molar-refractivity contribution in [2.24, 2.45) is 0 Å². The van der Waals surface area contributed by atoms with Gasteiger partial charge in [0, 0.05) is 6.08 Å². The molecule has 2 aromatic rings. The Bertz CT molecular complexity index is 633. The summed E-state index contributed by atoms with van der Waals surface area (Å²) in [5.74, 6) is 1.87. The quantitative estimate of drug-likeness (QED) is 0.875. The van der Waals surface area contributed by atoms with E-state index in [9.17, 15) is 4.79 Å². The zero-order chi connectivity index (χ0) is 14.5. The van der Waals surface area contributed by atoms with Crippen LogP contribution in [0.2, 0.25) is 0 Å². The Morgan fingerprint density at radius 2 is 2.10 bits per heavy atom. The van der Waals surface area contributed by atoms with E-state index in [4.69, 9.17) is 13.9 Å². The topological polar surface area (TPSA) is 60.7 Å². The number of rotatable bonds is 4. The summed E-state index contributed by atoms with van der Waals surface area (Å²) in [5, 5.41) is 2.77. The third kappa shape index (κ3) is 3.45. The van der Waals surface area contributed by atoms with Gasteiger partial charge in [0.2, 0.25) is 5.91 Å². The Morgan fingerprint density at radius 3 is 2.90 bits per heavy atom. The summed E-state index contributed by atoms with van der Waals surface area (Å²) >= 11 is 0. The van der Waals surface area contributed by atoms with Crippen molar-refractivity contribution in [2.45, 2.75) is 6.10 Å². The van der Waals surface area contributed by atoms with Crippen molar-refractivity contribution in [3.63, 3.8) is 0 Å². The zero-order valence-electron chi connectivity index (χ0n) is 11.3. The number of carbonyl (C=O) groups is 1. The lowest BCUT2D eigenvalue weighted by Crippen LogP contribution is -2.40. The summed E-state index contributed by atoms with van der Waals surface area (Å²) in [6, 6.07) is 11.0. The minimum Gasteiger partial charge on any atom is -0.486 e. The van der Waals surface area contributed by atoms with Gasteiger partial charge in [0.15, 0.2) is 11.5 Å². The molecule has 3 rings (SSSR count). The van der Waals surface area contributed by atoms with E-state index < -0.39 is 0 Å². The SMILES string of the molecule is O=C(/C=C/c1ccco1)NC[C@H]1COc2ccccc2O1. The molecule has 0 bridgehead atoms. The van der Waals surface area contributed by atoms with Crippen LogP contribution < -0.4 is 14.8 Å². The van der Waals surface area contributed by atoms with Gasteiger partial charge in [-0.1, -0.05) is 12.1 Å². The molecule has 1 N–H and O–H groups in total. The van der Waals surface area contributed by atoms with Crippen LogP contribution in [0.5, 0.6) is 11.5 Å². The van der Waals surface area contributed by atoms with Crippen LogP contribution in [0.15, 0.2) is 53.2 Å². The van der Waals surface area contributed by atoms with Crippen LogP contribution in [-0.4, -0.2) is 25.2 Å². The second-order valence-electron chi connectivity index (χ2n) is 4.59. The van der Waals surface area contributed by atoms with Crippen molar-refractivity contribution in [1.82, 2.24) is 5.32 Å². The maximum absolute atomic E-state index is 11.7. The number of furan rings is 1. The Labute approximate surface area is 122 Å². The molecule has 1 aliphatic rings. The van der Waals surface area contributed by atoms with E-state index in [2.05, 4.69) is 5.32 Å². The van der Waals surface area contributed by atoms with Crippen LogP contribution in [0.3, 0.4) is 0 Å². The van der Waals surface area contributed by atoms with Crippen molar-refractivity contribution >= 4 is 12.0 Å². The molecule has 1 aromatic heterocycles. The van der Waals surface area contributed by atoms with Crippen LogP contribution in [-0.2, 0) is 4.79 Å². The summed E-state index contributed by atoms with van der Waals surface area (Å²) in [4.78, 5) is 11.7. The molecule has 1 atom stereocenters. The van der Waals surface area contributed by atoms with Gasteiger partial charge in [-0.15, -0.1) is 0 Å². The van der Waals surface area contributed by atoms with E-state index in [1.54, 1.807) is 24.5 Å². The van der Waals surface area contributed by atoms with Crippen molar-refractivity contribution in [1.29, 1.82) is 0 Å². The number of benzene rings is 1. The second-order valence-corrected chi connectivity index (χ2v) is 4.59. The molecule has 1 amide bonds. The van der Waals surface area contributed by atoms with Crippen molar-refractivity contribution in [3.8, 4) is 11.5 Å². The van der Waals surface area contributed by atoms with Gasteiger partial charge in [-0.2, -0.15) is 0 Å². The Hall–Kier alpha value is -2.69. The average Bonchev–Trinajstić information content (AvgIpc) is 3.04. The lowest BCUT2D eigenvalue weighted by atomic mass is 10.2. The molecule has 0 aliphatic carbocycles. The van der Waals surface area contributed by atoms with E-state index in [1.165, 1.54) is 6.08 Å². The van der Waals surface area contributed by atoms with E-state index in [0.717, 1.165) is 5.75 Å². The van der Waals surface area contributed by atoms with Gasteiger partial charge in [-0.25, -0.2) is 0 Å². The molecule has 0 radical (unpaired) electrons. The highest BCUT2D eigenvalue weighted by molar-refractivity contribution is 5.91. The highest BCUT2D eigenvalue weighted by Crippen LogP contribution is 2.30. The number of amides is 1. The van der Waals surface area contributed by atoms with E-state index in [-0.39, 0.29) is 12.0 Å². The first-order chi connectivity index (χ1) is 10.3. The minimum atomic E-state index is -0.200. The molecule has 5 heteroatoms. The van der Waals surface area contributed by atoms with Gasteiger partial charge in [-0.3, -0.25) is 4.79 Å². The Kier molecular flexibility index (Phi) is 3.91. The van der Waals surface area contributed by atoms with E-state index in [1.807, 2.05) is 24.3 Å². The number of para-hydroxylation sites is 2. The Balaban J connectivity index is 1.49. The third-order valence-electron chi connectivity index (χ3n) is 3.01. The molecule has 1 aliphatic heterocycles. The molecule has 0 unspecified atom stereocenters. The van der Waals surface area contributed by atoms with Gasteiger partial charge in [0.1, 0.15) is 18.5 Å². The standard InChI is InChI=1S/C16H15NO4/c18-16(8-7-12-4-3-9-19-12)17-10-13-11-20-14-5-1-2-6-15(14)21-13/h1-9,13H,10-11H2,(H,17,18)/b8-7+/t13-/m0/s1. The van der Waals surface area contributed by atoms with Crippen LogP contribution in [0, 0.1) is 0 Å². The monoisotopic (exact) mass is 285 g/mol. The van der Waals surface area contributed by atoms with E-state index in [0.29, 0.717) is 24.7 Å². The van der Waals surface area contributed by atoms with Crippen molar-refractivity contribution < 1.29 is 18.7 Å². The second kappa shape index (κ2) is 6.17. The fraction of sp³-hybridized carbons (Fsp3) is 0.188. The minimum absolute atomic E-state index is 0.194. The van der Waals surface area contributed by atoms with Crippen LogP contribution in [0.1, 0.15) is 5.76 Å². The lowest BCUT2D eigenvalue weighted by Gasteiger charge is -2.26. The first-order valence-electron chi connectivity index (χ1n) is 6.69.